The summed E-state index contributed by atoms with van der Waals surface area (Å²) in [5.74, 6) is 8.61. The fraction of sp³-hybridized carbons (Fsp3) is 0.538. The number of benzene rings is 1. The van der Waals surface area contributed by atoms with Gasteiger partial charge in [0.15, 0.2) is 0 Å². The lowest BCUT2D eigenvalue weighted by molar-refractivity contribution is 0.377. The average Bonchev–Trinajstić information content (AvgIpc) is 3.07. The summed E-state index contributed by atoms with van der Waals surface area (Å²) in [6, 6.07) is 6.01. The molecule has 0 aromatic heterocycles. The van der Waals surface area contributed by atoms with Crippen molar-refractivity contribution in [2.75, 3.05) is 14.2 Å². The topological polar surface area (TPSA) is 56.5 Å². The van der Waals surface area contributed by atoms with Crippen LogP contribution >= 0.6 is 0 Å². The van der Waals surface area contributed by atoms with Crippen molar-refractivity contribution in [1.29, 1.82) is 0 Å². The van der Waals surface area contributed by atoms with Gasteiger partial charge in [0, 0.05) is 11.6 Å². The molecule has 0 radical (unpaired) electrons. The number of hydrogen-bond donors (Lipinski definition) is 2. The number of ether oxygens (including phenoxy) is 2. The molecule has 0 heterocycles. The van der Waals surface area contributed by atoms with Gasteiger partial charge in [0.05, 0.1) is 20.3 Å². The quantitative estimate of drug-likeness (QED) is 0.605. The predicted octanol–water partition coefficient (Wildman–Crippen LogP) is 1.86. The van der Waals surface area contributed by atoms with Gasteiger partial charge in [0.1, 0.15) is 11.5 Å². The molecule has 3 atom stereocenters. The maximum absolute atomic E-state index is 5.67. The van der Waals surface area contributed by atoms with E-state index >= 15 is 0 Å². The molecule has 1 aromatic carbocycles. The first-order valence-electron chi connectivity index (χ1n) is 5.89. The first-order valence-corrected chi connectivity index (χ1v) is 5.89. The highest BCUT2D eigenvalue weighted by atomic mass is 16.5. The monoisotopic (exact) mass is 236 g/mol. The Morgan fingerprint density at radius 3 is 2.53 bits per heavy atom. The van der Waals surface area contributed by atoms with Crippen molar-refractivity contribution in [3.63, 3.8) is 0 Å². The van der Waals surface area contributed by atoms with E-state index in [1.54, 1.807) is 14.2 Å². The lowest BCUT2D eigenvalue weighted by Crippen LogP contribution is -2.30. The second kappa shape index (κ2) is 4.94. The van der Waals surface area contributed by atoms with E-state index in [0.717, 1.165) is 23.0 Å². The van der Waals surface area contributed by atoms with Crippen LogP contribution in [0.4, 0.5) is 0 Å². The Balaban J connectivity index is 2.29. The Morgan fingerprint density at radius 2 is 2.06 bits per heavy atom. The third-order valence-corrected chi connectivity index (χ3v) is 3.56. The van der Waals surface area contributed by atoms with Gasteiger partial charge >= 0.3 is 0 Å². The van der Waals surface area contributed by atoms with Crippen LogP contribution in [0.5, 0.6) is 11.5 Å². The molecule has 3 N–H and O–H groups in total. The van der Waals surface area contributed by atoms with E-state index in [-0.39, 0.29) is 6.04 Å². The summed E-state index contributed by atoms with van der Waals surface area (Å²) in [5, 5.41) is 0. The molecule has 0 aliphatic heterocycles. The summed E-state index contributed by atoms with van der Waals surface area (Å²) >= 11 is 0. The Labute approximate surface area is 102 Å². The van der Waals surface area contributed by atoms with Crippen LogP contribution in [-0.4, -0.2) is 14.2 Å². The van der Waals surface area contributed by atoms with Crippen molar-refractivity contribution in [2.45, 2.75) is 19.4 Å². The summed E-state index contributed by atoms with van der Waals surface area (Å²) in [5.41, 5.74) is 4.00. The van der Waals surface area contributed by atoms with Gasteiger partial charge in [-0.1, -0.05) is 13.0 Å². The zero-order valence-electron chi connectivity index (χ0n) is 10.6. The van der Waals surface area contributed by atoms with E-state index in [2.05, 4.69) is 12.3 Å². The SMILES string of the molecule is COc1ccc(C(NN)C2CC2C)c(OC)c1. The molecule has 1 aromatic rings. The fourth-order valence-corrected chi connectivity index (χ4v) is 2.33. The number of nitrogens with one attached hydrogen (secondary N) is 1. The minimum Gasteiger partial charge on any atom is -0.497 e. The minimum atomic E-state index is 0.158. The molecular formula is C13H20N2O2. The first-order chi connectivity index (χ1) is 8.21. The third kappa shape index (κ3) is 2.37. The van der Waals surface area contributed by atoms with Crippen LogP contribution in [0.25, 0.3) is 0 Å². The summed E-state index contributed by atoms with van der Waals surface area (Å²) in [7, 11) is 3.32. The number of nitrogens with two attached hydrogens (primary N) is 1. The minimum absolute atomic E-state index is 0.158. The molecule has 17 heavy (non-hydrogen) atoms. The van der Waals surface area contributed by atoms with Crippen LogP contribution in [-0.2, 0) is 0 Å². The molecule has 1 aliphatic carbocycles. The third-order valence-electron chi connectivity index (χ3n) is 3.56. The molecule has 1 aliphatic rings. The molecule has 3 unspecified atom stereocenters. The Kier molecular flexibility index (Phi) is 3.54. The van der Waals surface area contributed by atoms with Gasteiger partial charge in [-0.2, -0.15) is 0 Å². The van der Waals surface area contributed by atoms with Crippen molar-refractivity contribution in [2.24, 2.45) is 17.7 Å². The van der Waals surface area contributed by atoms with Gasteiger partial charge in [0.2, 0.25) is 0 Å². The van der Waals surface area contributed by atoms with Crippen molar-refractivity contribution in [1.82, 2.24) is 5.43 Å². The van der Waals surface area contributed by atoms with Crippen molar-refractivity contribution in [3.05, 3.63) is 23.8 Å². The molecule has 0 bridgehead atoms. The van der Waals surface area contributed by atoms with E-state index in [4.69, 9.17) is 15.3 Å². The van der Waals surface area contributed by atoms with Gasteiger partial charge in [-0.25, -0.2) is 0 Å². The lowest BCUT2D eigenvalue weighted by Gasteiger charge is -2.19. The van der Waals surface area contributed by atoms with Crippen LogP contribution in [0.1, 0.15) is 24.9 Å². The summed E-state index contributed by atoms with van der Waals surface area (Å²) < 4.78 is 10.6. The van der Waals surface area contributed by atoms with E-state index in [1.807, 2.05) is 18.2 Å². The summed E-state index contributed by atoms with van der Waals surface area (Å²) in [6.45, 7) is 2.24. The maximum atomic E-state index is 5.67. The standard InChI is InChI=1S/C13H20N2O2/c1-8-6-11(8)13(15-14)10-5-4-9(16-2)7-12(10)17-3/h4-5,7-8,11,13,15H,6,14H2,1-3H3. The molecule has 0 spiro atoms. The second-order valence-corrected chi connectivity index (χ2v) is 4.63. The zero-order valence-corrected chi connectivity index (χ0v) is 10.6. The van der Waals surface area contributed by atoms with Gasteiger partial charge < -0.3 is 9.47 Å². The van der Waals surface area contributed by atoms with Crippen LogP contribution in [0, 0.1) is 11.8 Å². The lowest BCUT2D eigenvalue weighted by atomic mass is 10.0. The Hall–Kier alpha value is -1.26. The summed E-state index contributed by atoms with van der Waals surface area (Å²) in [6.07, 6.45) is 1.21. The molecule has 0 amide bonds. The smallest absolute Gasteiger partial charge is 0.127 e. The van der Waals surface area contributed by atoms with Gasteiger partial charge in [-0.3, -0.25) is 11.3 Å². The van der Waals surface area contributed by atoms with Crippen molar-refractivity contribution in [3.8, 4) is 11.5 Å². The van der Waals surface area contributed by atoms with E-state index < -0.39 is 0 Å². The Bertz CT molecular complexity index is 395. The average molecular weight is 236 g/mol. The Morgan fingerprint density at radius 1 is 1.35 bits per heavy atom. The van der Waals surface area contributed by atoms with Crippen LogP contribution in [0.15, 0.2) is 18.2 Å². The zero-order chi connectivity index (χ0) is 12.4. The van der Waals surface area contributed by atoms with E-state index in [0.29, 0.717) is 5.92 Å². The molecule has 4 heteroatoms. The van der Waals surface area contributed by atoms with Gasteiger partial charge in [0.25, 0.3) is 0 Å². The first kappa shape index (κ1) is 12.2. The molecule has 2 rings (SSSR count). The molecular weight excluding hydrogens is 216 g/mol. The highest BCUT2D eigenvalue weighted by Gasteiger charge is 2.40. The number of hydrogen-bond acceptors (Lipinski definition) is 4. The van der Waals surface area contributed by atoms with E-state index in [9.17, 15) is 0 Å². The summed E-state index contributed by atoms with van der Waals surface area (Å²) in [4.78, 5) is 0. The van der Waals surface area contributed by atoms with Crippen LogP contribution in [0.3, 0.4) is 0 Å². The normalized spacial score (nSPS) is 24.2. The molecule has 1 saturated carbocycles. The highest BCUT2D eigenvalue weighted by molar-refractivity contribution is 5.43. The van der Waals surface area contributed by atoms with Gasteiger partial charge in [-0.05, 0) is 24.3 Å². The number of methoxy groups -OCH3 is 2. The number of rotatable bonds is 5. The van der Waals surface area contributed by atoms with Crippen LogP contribution < -0.4 is 20.7 Å². The van der Waals surface area contributed by atoms with Gasteiger partial charge in [-0.15, -0.1) is 0 Å². The fourth-order valence-electron chi connectivity index (χ4n) is 2.33. The van der Waals surface area contributed by atoms with Crippen molar-refractivity contribution >= 4 is 0 Å². The maximum Gasteiger partial charge on any atom is 0.127 e. The van der Waals surface area contributed by atoms with E-state index in [1.165, 1.54) is 6.42 Å². The highest BCUT2D eigenvalue weighted by Crippen LogP contribution is 2.48. The largest absolute Gasteiger partial charge is 0.497 e. The predicted molar refractivity (Wildman–Crippen MR) is 66.9 cm³/mol. The second-order valence-electron chi connectivity index (χ2n) is 4.63. The molecule has 4 nitrogen and oxygen atoms in total. The number of hydrazine groups is 1. The molecule has 1 fully saturated rings. The van der Waals surface area contributed by atoms with Crippen molar-refractivity contribution < 1.29 is 9.47 Å². The van der Waals surface area contributed by atoms with Crippen LogP contribution in [0.2, 0.25) is 0 Å². The molecule has 0 saturated heterocycles. The molecule has 94 valence electrons.